The van der Waals surface area contributed by atoms with Gasteiger partial charge < -0.3 is 19.1 Å². The molecule has 22 heavy (non-hydrogen) atoms. The molecular formula is C17H30N2O3. The van der Waals surface area contributed by atoms with Gasteiger partial charge in [-0.25, -0.2) is 4.98 Å². The highest BCUT2D eigenvalue weighted by atomic mass is 16.5. The molecule has 1 aromatic rings. The van der Waals surface area contributed by atoms with Crippen LogP contribution in [0, 0.1) is 0 Å². The maximum Gasteiger partial charge on any atom is 0.213 e. The second-order valence-electron chi connectivity index (χ2n) is 5.16. The van der Waals surface area contributed by atoms with Crippen LogP contribution in [0.3, 0.4) is 0 Å². The summed E-state index contributed by atoms with van der Waals surface area (Å²) in [4.78, 5) is 6.52. The van der Waals surface area contributed by atoms with Gasteiger partial charge in [0, 0.05) is 32.5 Å². The molecule has 126 valence electrons. The third-order valence-electron chi connectivity index (χ3n) is 3.49. The Labute approximate surface area is 134 Å². The van der Waals surface area contributed by atoms with Gasteiger partial charge in [0.05, 0.1) is 19.3 Å². The van der Waals surface area contributed by atoms with E-state index in [1.807, 2.05) is 26.0 Å². The van der Waals surface area contributed by atoms with Gasteiger partial charge in [-0.3, -0.25) is 0 Å². The van der Waals surface area contributed by atoms with Gasteiger partial charge in [-0.1, -0.05) is 13.8 Å². The molecular weight excluding hydrogens is 280 g/mol. The van der Waals surface area contributed by atoms with E-state index in [-0.39, 0.29) is 0 Å². The highest BCUT2D eigenvalue weighted by molar-refractivity contribution is 5.19. The second kappa shape index (κ2) is 11.4. The van der Waals surface area contributed by atoms with Crippen molar-refractivity contribution in [1.82, 2.24) is 9.88 Å². The number of rotatable bonds is 7. The predicted molar refractivity (Wildman–Crippen MR) is 88.3 cm³/mol. The van der Waals surface area contributed by atoms with Crippen LogP contribution < -0.4 is 4.74 Å². The number of piperidine rings is 1. The second-order valence-corrected chi connectivity index (χ2v) is 5.16. The van der Waals surface area contributed by atoms with Gasteiger partial charge in [0.25, 0.3) is 0 Å². The average molecular weight is 310 g/mol. The van der Waals surface area contributed by atoms with Crippen LogP contribution in [0.4, 0.5) is 0 Å². The van der Waals surface area contributed by atoms with E-state index in [4.69, 9.17) is 14.2 Å². The molecule has 1 aliphatic rings. The Balaban J connectivity index is 0.00000116. The minimum Gasteiger partial charge on any atom is -0.475 e. The largest absolute Gasteiger partial charge is 0.475 e. The van der Waals surface area contributed by atoms with Crippen molar-refractivity contribution in [3.63, 3.8) is 0 Å². The Bertz CT molecular complexity index is 393. The zero-order valence-corrected chi connectivity index (χ0v) is 14.4. The molecule has 0 amide bonds. The van der Waals surface area contributed by atoms with E-state index >= 15 is 0 Å². The van der Waals surface area contributed by atoms with E-state index in [2.05, 4.69) is 16.9 Å². The zero-order chi connectivity index (χ0) is 16.2. The lowest BCUT2D eigenvalue weighted by Gasteiger charge is -2.28. The molecule has 0 bridgehead atoms. The number of pyridine rings is 1. The van der Waals surface area contributed by atoms with Crippen molar-refractivity contribution in [2.75, 3.05) is 40.5 Å². The van der Waals surface area contributed by atoms with Crippen LogP contribution in [0.2, 0.25) is 0 Å². The first-order chi connectivity index (χ1) is 10.8. The van der Waals surface area contributed by atoms with E-state index in [9.17, 15) is 0 Å². The summed E-state index contributed by atoms with van der Waals surface area (Å²) in [5.74, 6) is 0.631. The molecule has 0 saturated carbocycles. The number of methoxy groups -OCH3 is 1. The van der Waals surface area contributed by atoms with E-state index in [0.29, 0.717) is 31.8 Å². The third-order valence-corrected chi connectivity index (χ3v) is 3.49. The van der Waals surface area contributed by atoms with E-state index in [1.165, 1.54) is 0 Å². The molecule has 0 spiro atoms. The van der Waals surface area contributed by atoms with Crippen molar-refractivity contribution >= 4 is 0 Å². The molecule has 0 atom stereocenters. The van der Waals surface area contributed by atoms with Gasteiger partial charge >= 0.3 is 0 Å². The summed E-state index contributed by atoms with van der Waals surface area (Å²) in [5.41, 5.74) is 1.10. The van der Waals surface area contributed by atoms with E-state index in [1.54, 1.807) is 13.3 Å². The average Bonchev–Trinajstić information content (AvgIpc) is 2.57. The maximum absolute atomic E-state index is 5.96. The lowest BCUT2D eigenvalue weighted by molar-refractivity contribution is 0.00201. The number of aromatic nitrogens is 1. The highest BCUT2D eigenvalue weighted by Gasteiger charge is 2.16. The van der Waals surface area contributed by atoms with Gasteiger partial charge in [0.1, 0.15) is 6.61 Å². The molecule has 0 aromatic carbocycles. The first-order valence-corrected chi connectivity index (χ1v) is 8.14. The quantitative estimate of drug-likeness (QED) is 0.725. The smallest absolute Gasteiger partial charge is 0.213 e. The molecule has 1 saturated heterocycles. The molecule has 2 heterocycles. The fraction of sp³-hybridized carbons (Fsp3) is 0.706. The normalized spacial score (nSPS) is 16.0. The third kappa shape index (κ3) is 7.20. The lowest BCUT2D eigenvalue weighted by Crippen LogP contribution is -2.34. The van der Waals surface area contributed by atoms with Crippen LogP contribution in [-0.2, 0) is 16.1 Å². The summed E-state index contributed by atoms with van der Waals surface area (Å²) in [5, 5.41) is 0. The van der Waals surface area contributed by atoms with Crippen molar-refractivity contribution in [1.29, 1.82) is 0 Å². The highest BCUT2D eigenvalue weighted by Crippen LogP contribution is 2.16. The Kier molecular flexibility index (Phi) is 9.79. The van der Waals surface area contributed by atoms with Crippen molar-refractivity contribution in [3.8, 4) is 5.88 Å². The number of hydrogen-bond acceptors (Lipinski definition) is 5. The van der Waals surface area contributed by atoms with Crippen LogP contribution in [0.5, 0.6) is 5.88 Å². The predicted octanol–water partition coefficient (Wildman–Crippen LogP) is 2.74. The molecule has 0 N–H and O–H groups in total. The Hall–Kier alpha value is -1.17. The van der Waals surface area contributed by atoms with Gasteiger partial charge in [-0.2, -0.15) is 0 Å². The molecule has 2 rings (SSSR count). The Morgan fingerprint density at radius 2 is 1.95 bits per heavy atom. The first-order valence-electron chi connectivity index (χ1n) is 8.14. The summed E-state index contributed by atoms with van der Waals surface area (Å²) >= 11 is 0. The van der Waals surface area contributed by atoms with Crippen molar-refractivity contribution in [3.05, 3.63) is 23.9 Å². The Morgan fingerprint density at radius 3 is 2.64 bits per heavy atom. The van der Waals surface area contributed by atoms with Crippen molar-refractivity contribution in [2.45, 2.75) is 39.4 Å². The zero-order valence-electron chi connectivity index (χ0n) is 14.4. The van der Waals surface area contributed by atoms with Crippen LogP contribution in [-0.4, -0.2) is 56.4 Å². The topological polar surface area (TPSA) is 43.8 Å². The number of nitrogens with zero attached hydrogens (tertiary/aromatic N) is 2. The fourth-order valence-electron chi connectivity index (χ4n) is 2.21. The number of ether oxygens (including phenoxy) is 3. The van der Waals surface area contributed by atoms with Crippen molar-refractivity contribution < 1.29 is 14.2 Å². The van der Waals surface area contributed by atoms with Gasteiger partial charge in [-0.05, 0) is 31.5 Å². The first kappa shape index (κ1) is 18.9. The molecule has 1 aliphatic heterocycles. The molecule has 5 nitrogen and oxygen atoms in total. The molecule has 0 aliphatic carbocycles. The fourth-order valence-corrected chi connectivity index (χ4v) is 2.21. The SMILES string of the molecule is CC.COCCOc1cc(COC2CCN(C)CC2)ccn1. The monoisotopic (exact) mass is 310 g/mol. The standard InChI is InChI=1S/C15H24N2O3.C2H6/c1-17-7-4-14(5-8-17)20-12-13-3-6-16-15(11-13)19-10-9-18-2;1-2/h3,6,11,14H,4-5,7-10,12H2,1-2H3;1-2H3. The van der Waals surface area contributed by atoms with Gasteiger partial charge in [-0.15, -0.1) is 0 Å². The van der Waals surface area contributed by atoms with E-state index < -0.39 is 0 Å². The molecule has 0 unspecified atom stereocenters. The lowest BCUT2D eigenvalue weighted by atomic mass is 10.1. The summed E-state index contributed by atoms with van der Waals surface area (Å²) in [6, 6.07) is 3.91. The summed E-state index contributed by atoms with van der Waals surface area (Å²) in [6.07, 6.45) is 4.35. The molecule has 1 aromatic heterocycles. The van der Waals surface area contributed by atoms with Crippen LogP contribution in [0.1, 0.15) is 32.3 Å². The van der Waals surface area contributed by atoms with Gasteiger partial charge in [0.15, 0.2) is 0 Å². The van der Waals surface area contributed by atoms with Crippen LogP contribution in [0.15, 0.2) is 18.3 Å². The number of hydrogen-bond donors (Lipinski definition) is 0. The summed E-state index contributed by atoms with van der Waals surface area (Å²) in [6.45, 7) is 7.94. The van der Waals surface area contributed by atoms with Crippen LogP contribution in [0.25, 0.3) is 0 Å². The minimum atomic E-state index is 0.372. The van der Waals surface area contributed by atoms with E-state index in [0.717, 1.165) is 31.5 Å². The Morgan fingerprint density at radius 1 is 1.23 bits per heavy atom. The molecule has 5 heteroatoms. The summed E-state index contributed by atoms with van der Waals surface area (Å²) in [7, 11) is 3.81. The number of likely N-dealkylation sites (tertiary alicyclic amines) is 1. The maximum atomic E-state index is 5.96. The molecule has 1 fully saturated rings. The van der Waals surface area contributed by atoms with Gasteiger partial charge in [0.2, 0.25) is 5.88 Å². The van der Waals surface area contributed by atoms with Crippen molar-refractivity contribution in [2.24, 2.45) is 0 Å². The van der Waals surface area contributed by atoms with Crippen LogP contribution >= 0.6 is 0 Å². The molecule has 0 radical (unpaired) electrons. The minimum absolute atomic E-state index is 0.372. The summed E-state index contributed by atoms with van der Waals surface area (Å²) < 4.78 is 16.4.